The smallest absolute Gasteiger partial charge is 0.134 e. The normalized spacial score (nSPS) is 23.4. The lowest BCUT2D eigenvalue weighted by molar-refractivity contribution is -0.124. The van der Waals surface area contributed by atoms with Crippen molar-refractivity contribution in [3.05, 3.63) is 0 Å². The molecule has 2 unspecified atom stereocenters. The van der Waals surface area contributed by atoms with Gasteiger partial charge in [-0.25, -0.2) is 0 Å². The largest absolute Gasteiger partial charge is 0.300 e. The van der Waals surface area contributed by atoms with E-state index in [0.29, 0.717) is 5.78 Å². The van der Waals surface area contributed by atoms with Crippen LogP contribution in [0.4, 0.5) is 0 Å². The molecule has 1 saturated carbocycles. The molecule has 70 valence electrons. The van der Waals surface area contributed by atoms with Crippen LogP contribution in [-0.2, 0) is 4.79 Å². The van der Waals surface area contributed by atoms with E-state index in [1.165, 1.54) is 12.8 Å². The molecule has 12 heavy (non-hydrogen) atoms. The summed E-state index contributed by atoms with van der Waals surface area (Å²) >= 11 is 0. The van der Waals surface area contributed by atoms with Gasteiger partial charge < -0.3 is 0 Å². The van der Waals surface area contributed by atoms with Crippen LogP contribution in [0.3, 0.4) is 0 Å². The molecule has 2 atom stereocenters. The van der Waals surface area contributed by atoms with Crippen molar-refractivity contribution in [2.24, 2.45) is 11.3 Å². The van der Waals surface area contributed by atoms with Crippen molar-refractivity contribution in [1.82, 2.24) is 0 Å². The number of hydrogen-bond acceptors (Lipinski definition) is 1. The first-order valence-corrected chi connectivity index (χ1v) is 5.14. The molecule has 0 aromatic heterocycles. The van der Waals surface area contributed by atoms with Crippen LogP contribution in [0.15, 0.2) is 0 Å². The second-order valence-corrected chi connectivity index (χ2v) is 6.29. The summed E-state index contributed by atoms with van der Waals surface area (Å²) < 4.78 is 0. The topological polar surface area (TPSA) is 17.1 Å². The third-order valence-electron chi connectivity index (χ3n) is 2.67. The Kier molecular flexibility index (Phi) is 2.38. The van der Waals surface area contributed by atoms with Gasteiger partial charge in [-0.05, 0) is 30.3 Å². The fourth-order valence-corrected chi connectivity index (χ4v) is 3.19. The Bertz CT molecular complexity index is 193. The van der Waals surface area contributed by atoms with Gasteiger partial charge in [0.1, 0.15) is 5.78 Å². The van der Waals surface area contributed by atoms with E-state index in [0.717, 1.165) is 0 Å². The van der Waals surface area contributed by atoms with E-state index in [9.17, 15) is 4.79 Å². The van der Waals surface area contributed by atoms with E-state index in [1.807, 2.05) is 0 Å². The van der Waals surface area contributed by atoms with E-state index in [-0.39, 0.29) is 16.5 Å². The number of carbonyl (C=O) groups excluding carboxylic acids is 1. The van der Waals surface area contributed by atoms with E-state index in [4.69, 9.17) is 0 Å². The van der Waals surface area contributed by atoms with Crippen molar-refractivity contribution in [2.75, 3.05) is 0 Å². The lowest BCUT2D eigenvalue weighted by Gasteiger charge is -2.33. The summed E-state index contributed by atoms with van der Waals surface area (Å²) in [5, 5.41) is 0.240. The summed E-state index contributed by atoms with van der Waals surface area (Å²) in [7, 11) is 2.88. The maximum atomic E-state index is 11.5. The predicted molar refractivity (Wildman–Crippen MR) is 55.3 cm³/mol. The van der Waals surface area contributed by atoms with Gasteiger partial charge in [0.05, 0.1) is 0 Å². The highest BCUT2D eigenvalue weighted by Gasteiger charge is 2.51. The fourth-order valence-electron chi connectivity index (χ4n) is 2.31. The van der Waals surface area contributed by atoms with Crippen molar-refractivity contribution in [3.63, 3.8) is 0 Å². The lowest BCUT2D eigenvalue weighted by atomic mass is 9.75. The van der Waals surface area contributed by atoms with E-state index in [2.05, 4.69) is 30.0 Å². The molecular formula is C10H19OP. The van der Waals surface area contributed by atoms with Crippen LogP contribution >= 0.6 is 9.24 Å². The third kappa shape index (κ3) is 1.88. The standard InChI is InChI=1S/C10H19OP/c1-7(11)8(9(2,3)4)10(12)5-6-10/h8H,5-6,12H2,1-4H3. The average Bonchev–Trinajstić information content (AvgIpc) is 2.41. The maximum Gasteiger partial charge on any atom is 0.134 e. The SMILES string of the molecule is CC(=O)C(C(C)(C)C)C1(P)CC1. The van der Waals surface area contributed by atoms with E-state index >= 15 is 0 Å². The van der Waals surface area contributed by atoms with Crippen molar-refractivity contribution in [2.45, 2.75) is 45.7 Å². The minimum atomic E-state index is 0.115. The van der Waals surface area contributed by atoms with Gasteiger partial charge in [0.25, 0.3) is 0 Å². The molecule has 0 bridgehead atoms. The zero-order valence-corrected chi connectivity index (χ0v) is 9.63. The third-order valence-corrected chi connectivity index (χ3v) is 3.59. The molecule has 0 spiro atoms. The first kappa shape index (κ1) is 10.2. The number of carbonyl (C=O) groups is 1. The summed E-state index contributed by atoms with van der Waals surface area (Å²) in [4.78, 5) is 11.5. The minimum absolute atomic E-state index is 0.115. The van der Waals surface area contributed by atoms with Gasteiger partial charge in [-0.3, -0.25) is 4.79 Å². The van der Waals surface area contributed by atoms with Crippen molar-refractivity contribution >= 4 is 15.0 Å². The van der Waals surface area contributed by atoms with Gasteiger partial charge in [0, 0.05) is 5.92 Å². The van der Waals surface area contributed by atoms with Crippen molar-refractivity contribution in [3.8, 4) is 0 Å². The Balaban J connectivity index is 2.83. The van der Waals surface area contributed by atoms with Gasteiger partial charge in [-0.2, -0.15) is 0 Å². The molecule has 0 saturated heterocycles. The van der Waals surface area contributed by atoms with Crippen LogP contribution in [0.1, 0.15) is 40.5 Å². The Morgan fingerprint density at radius 2 is 1.83 bits per heavy atom. The Morgan fingerprint density at radius 3 is 1.92 bits per heavy atom. The molecular weight excluding hydrogens is 167 g/mol. The van der Waals surface area contributed by atoms with E-state index in [1.54, 1.807) is 6.92 Å². The van der Waals surface area contributed by atoms with Crippen LogP contribution in [0.5, 0.6) is 0 Å². The molecule has 0 heterocycles. The first-order chi connectivity index (χ1) is 5.27. The van der Waals surface area contributed by atoms with Crippen LogP contribution in [0.2, 0.25) is 0 Å². The summed E-state index contributed by atoms with van der Waals surface area (Å²) in [6.07, 6.45) is 2.39. The quantitative estimate of drug-likeness (QED) is 0.606. The second kappa shape index (κ2) is 2.80. The molecule has 0 amide bonds. The summed E-state index contributed by atoms with van der Waals surface area (Å²) in [5.74, 6) is 0.560. The lowest BCUT2D eigenvalue weighted by Crippen LogP contribution is -2.35. The summed E-state index contributed by atoms with van der Waals surface area (Å²) in [5.41, 5.74) is 0.115. The molecule has 1 aliphatic rings. The summed E-state index contributed by atoms with van der Waals surface area (Å²) in [6.45, 7) is 8.19. The highest BCUT2D eigenvalue weighted by atomic mass is 31.0. The molecule has 0 aromatic rings. The molecule has 1 fully saturated rings. The number of rotatable bonds is 2. The zero-order valence-electron chi connectivity index (χ0n) is 8.48. The zero-order chi connectivity index (χ0) is 9.57. The molecule has 1 aliphatic carbocycles. The molecule has 0 N–H and O–H groups in total. The van der Waals surface area contributed by atoms with Gasteiger partial charge >= 0.3 is 0 Å². The second-order valence-electron chi connectivity index (χ2n) is 5.14. The van der Waals surface area contributed by atoms with Crippen LogP contribution in [-0.4, -0.2) is 10.9 Å². The predicted octanol–water partition coefficient (Wildman–Crippen LogP) is 2.65. The van der Waals surface area contributed by atoms with E-state index < -0.39 is 0 Å². The molecule has 0 aliphatic heterocycles. The number of Topliss-reactive ketones (excluding diaryl/α,β-unsaturated/α-hetero) is 1. The Labute approximate surface area is 77.5 Å². The van der Waals surface area contributed by atoms with Crippen LogP contribution in [0.25, 0.3) is 0 Å². The molecule has 1 rings (SSSR count). The fraction of sp³-hybridized carbons (Fsp3) is 0.900. The van der Waals surface area contributed by atoms with Crippen molar-refractivity contribution < 1.29 is 4.79 Å². The number of hydrogen-bond donors (Lipinski definition) is 0. The summed E-state index contributed by atoms with van der Waals surface area (Å²) in [6, 6.07) is 0. The maximum absolute atomic E-state index is 11.5. The molecule has 1 nitrogen and oxygen atoms in total. The van der Waals surface area contributed by atoms with Gasteiger partial charge in [0.2, 0.25) is 0 Å². The highest BCUT2D eigenvalue weighted by molar-refractivity contribution is 7.19. The van der Waals surface area contributed by atoms with Crippen molar-refractivity contribution in [1.29, 1.82) is 0 Å². The van der Waals surface area contributed by atoms with Gasteiger partial charge in [-0.15, -0.1) is 9.24 Å². The van der Waals surface area contributed by atoms with Crippen LogP contribution < -0.4 is 0 Å². The monoisotopic (exact) mass is 186 g/mol. The highest BCUT2D eigenvalue weighted by Crippen LogP contribution is 2.56. The van der Waals surface area contributed by atoms with Gasteiger partial charge in [-0.1, -0.05) is 20.8 Å². The molecule has 0 radical (unpaired) electrons. The first-order valence-electron chi connectivity index (χ1n) is 4.57. The molecule has 0 aromatic carbocycles. The van der Waals surface area contributed by atoms with Gasteiger partial charge in [0.15, 0.2) is 0 Å². The number of ketones is 1. The van der Waals surface area contributed by atoms with Crippen LogP contribution in [0, 0.1) is 11.3 Å². The Morgan fingerprint density at radius 1 is 1.42 bits per heavy atom. The minimum Gasteiger partial charge on any atom is -0.300 e. The average molecular weight is 186 g/mol. The molecule has 2 heteroatoms. The Hall–Kier alpha value is 0.100.